The van der Waals surface area contributed by atoms with Gasteiger partial charge in [0.25, 0.3) is 0 Å². The van der Waals surface area contributed by atoms with Crippen molar-refractivity contribution in [2.24, 2.45) is 0 Å². The number of carbonyl (C=O) groups is 1. The summed E-state index contributed by atoms with van der Waals surface area (Å²) in [4.78, 5) is 8.94. The van der Waals surface area contributed by atoms with E-state index in [0.717, 1.165) is 0 Å². The molecule has 0 radical (unpaired) electrons. The van der Waals surface area contributed by atoms with Crippen LogP contribution in [0.4, 0.5) is 0 Å². The first kappa shape index (κ1) is 8.94. The summed E-state index contributed by atoms with van der Waals surface area (Å²) in [6.07, 6.45) is 0. The maximum absolute atomic E-state index is 8.94. The highest BCUT2D eigenvalue weighted by Gasteiger charge is 1.49. The van der Waals surface area contributed by atoms with Gasteiger partial charge in [-0.25, -0.2) is 0 Å². The van der Waals surface area contributed by atoms with Gasteiger partial charge in [-0.3, -0.25) is 4.79 Å². The van der Waals surface area contributed by atoms with Crippen molar-refractivity contribution in [1.82, 2.24) is 0 Å². The minimum Gasteiger partial charge on any atom is -0.412 e. The van der Waals surface area contributed by atoms with Gasteiger partial charge in [-0.2, -0.15) is 0 Å². The van der Waals surface area contributed by atoms with Crippen molar-refractivity contribution in [3.05, 3.63) is 0 Å². The summed E-state index contributed by atoms with van der Waals surface area (Å²) in [7, 11) is 0. The Morgan fingerprint density at radius 1 is 1.80 bits per heavy atom. The third-order valence-corrected chi connectivity index (χ3v) is 0.244. The van der Waals surface area contributed by atoms with E-state index in [1.807, 2.05) is 0 Å². The molecule has 0 fully saturated rings. The Morgan fingerprint density at radius 3 is 2.00 bits per heavy atom. The first-order chi connectivity index (χ1) is 1.91. The molecule has 0 aromatic carbocycles. The smallest absolute Gasteiger partial charge is 0.302 e. The van der Waals surface area contributed by atoms with Crippen LogP contribution in [0.3, 0.4) is 0 Å². The number of hydrogen-bond acceptors (Lipinski definition) is 2. The third kappa shape index (κ3) is 14.4. The Morgan fingerprint density at radius 2 is 2.00 bits per heavy atom. The lowest BCUT2D eigenvalue weighted by Crippen LogP contribution is -1.56. The predicted octanol–water partition coefficient (Wildman–Crippen LogP) is -0.315. The molecular formula is CH3IO3. The first-order valence-electron chi connectivity index (χ1n) is 0.626. The second kappa shape index (κ2) is 8.90. The summed E-state index contributed by atoms with van der Waals surface area (Å²) in [6, 6.07) is 0. The molecule has 0 rings (SSSR count). The molecule has 0 heterocycles. The van der Waals surface area contributed by atoms with Crippen molar-refractivity contribution in [2.75, 3.05) is 0 Å². The highest BCUT2D eigenvalue weighted by Crippen LogP contribution is 1.72. The number of carbonyl (C=O) groups excluding carboxylic acids is 1. The fraction of sp³-hybridized carbons (Fsp3) is 0. The fourth-order valence-electron chi connectivity index (χ4n) is 0. The van der Waals surface area contributed by atoms with Gasteiger partial charge in [0.1, 0.15) is 0 Å². The van der Waals surface area contributed by atoms with Gasteiger partial charge in [0.2, 0.25) is 0 Å². The van der Waals surface area contributed by atoms with Crippen molar-refractivity contribution in [2.45, 2.75) is 0 Å². The van der Waals surface area contributed by atoms with Crippen LogP contribution >= 0.6 is 23.0 Å². The van der Waals surface area contributed by atoms with E-state index >= 15 is 0 Å². The molecule has 0 spiro atoms. The molecule has 4 heteroatoms. The molecule has 2 N–H and O–H groups in total. The van der Waals surface area contributed by atoms with Crippen LogP contribution in [0.1, 0.15) is 0 Å². The molecule has 0 saturated heterocycles. The quantitative estimate of drug-likeness (QED) is 0.420. The summed E-state index contributed by atoms with van der Waals surface area (Å²) >= 11 is 1.48. The zero-order valence-corrected chi connectivity index (χ0v) is 4.43. The molecule has 0 aliphatic carbocycles. The summed E-state index contributed by atoms with van der Waals surface area (Å²) in [5.74, 6) is 0. The highest BCUT2D eigenvalue weighted by atomic mass is 127. The maximum Gasteiger partial charge on any atom is 0.302 e. The van der Waals surface area contributed by atoms with Crippen LogP contribution in [-0.4, -0.2) is 11.9 Å². The predicted molar refractivity (Wildman–Crippen MR) is 24.8 cm³/mol. The minimum absolute atomic E-state index is 0. The topological polar surface area (TPSA) is 57.8 Å². The number of halogens is 1. The Hall–Kier alpha value is 0.160. The molecule has 0 unspecified atom stereocenters. The van der Waals surface area contributed by atoms with E-state index in [1.54, 1.807) is 0 Å². The second-order valence-electron chi connectivity index (χ2n) is 0.185. The Labute approximate surface area is 43.3 Å². The molecular weight excluding hydrogens is 187 g/mol. The van der Waals surface area contributed by atoms with E-state index in [-0.39, 0.29) is 5.48 Å². The van der Waals surface area contributed by atoms with Crippen molar-refractivity contribution >= 4 is 29.5 Å². The van der Waals surface area contributed by atoms with Gasteiger partial charge >= 0.3 is 6.47 Å². The van der Waals surface area contributed by atoms with Crippen LogP contribution in [0, 0.1) is 0 Å². The van der Waals surface area contributed by atoms with Gasteiger partial charge in [0.05, 0.1) is 0 Å². The summed E-state index contributed by atoms with van der Waals surface area (Å²) < 4.78 is 3.83. The van der Waals surface area contributed by atoms with Crippen molar-refractivity contribution in [1.29, 1.82) is 0 Å². The molecule has 32 valence electrons. The SMILES string of the molecule is O.O=COI. The Bertz CT molecular complexity index is 20.9. The molecule has 0 amide bonds. The highest BCUT2D eigenvalue weighted by molar-refractivity contribution is 14.1. The largest absolute Gasteiger partial charge is 0.412 e. The summed E-state index contributed by atoms with van der Waals surface area (Å²) in [6.45, 7) is 0.362. The molecule has 0 aliphatic rings. The summed E-state index contributed by atoms with van der Waals surface area (Å²) in [5, 5.41) is 0. The average Bonchev–Trinajstić information content (AvgIpc) is 1.37. The van der Waals surface area contributed by atoms with E-state index in [0.29, 0.717) is 6.47 Å². The normalized spacial score (nSPS) is 4.20. The third-order valence-electron chi connectivity index (χ3n) is 0.0364. The Kier molecular flexibility index (Phi) is 15.9. The van der Waals surface area contributed by atoms with E-state index in [1.165, 1.54) is 23.0 Å². The molecule has 0 atom stereocenters. The molecule has 0 aliphatic heterocycles. The molecule has 5 heavy (non-hydrogen) atoms. The van der Waals surface area contributed by atoms with E-state index in [4.69, 9.17) is 4.79 Å². The Balaban J connectivity index is 0. The van der Waals surface area contributed by atoms with Crippen LogP contribution in [0.2, 0.25) is 0 Å². The van der Waals surface area contributed by atoms with Crippen LogP contribution in [-0.2, 0) is 7.86 Å². The van der Waals surface area contributed by atoms with E-state index in [9.17, 15) is 0 Å². The van der Waals surface area contributed by atoms with Gasteiger partial charge in [0, 0.05) is 0 Å². The van der Waals surface area contributed by atoms with Gasteiger partial charge < -0.3 is 8.54 Å². The fourth-order valence-corrected chi connectivity index (χ4v) is 0. The summed E-state index contributed by atoms with van der Waals surface area (Å²) in [5.41, 5.74) is 0. The number of rotatable bonds is 1. The first-order valence-corrected chi connectivity index (χ1v) is 1.51. The van der Waals surface area contributed by atoms with Crippen LogP contribution in [0.15, 0.2) is 0 Å². The molecule has 3 nitrogen and oxygen atoms in total. The van der Waals surface area contributed by atoms with Gasteiger partial charge in [-0.15, -0.1) is 0 Å². The molecule has 0 saturated carbocycles. The van der Waals surface area contributed by atoms with Gasteiger partial charge in [-0.05, 0) is 0 Å². The minimum atomic E-state index is 0. The standard InChI is InChI=1S/CHIO2.H2O/c2-4-1-3;/h1H;1H2. The lowest BCUT2D eigenvalue weighted by molar-refractivity contribution is -0.118. The van der Waals surface area contributed by atoms with Gasteiger partial charge in [-0.1, -0.05) is 0 Å². The maximum atomic E-state index is 8.94. The average molecular weight is 190 g/mol. The van der Waals surface area contributed by atoms with Gasteiger partial charge in [0.15, 0.2) is 23.0 Å². The lowest BCUT2D eigenvalue weighted by Gasteiger charge is -1.60. The van der Waals surface area contributed by atoms with E-state index < -0.39 is 0 Å². The molecule has 0 aromatic heterocycles. The molecule has 0 aromatic rings. The second-order valence-corrected chi connectivity index (χ2v) is 0.694. The van der Waals surface area contributed by atoms with Crippen LogP contribution in [0.25, 0.3) is 0 Å². The monoisotopic (exact) mass is 190 g/mol. The number of hydrogen-bond donors (Lipinski definition) is 0. The lowest BCUT2D eigenvalue weighted by atomic mass is 11.7. The van der Waals surface area contributed by atoms with Crippen LogP contribution in [0.5, 0.6) is 0 Å². The zero-order chi connectivity index (χ0) is 3.41. The van der Waals surface area contributed by atoms with E-state index in [2.05, 4.69) is 3.07 Å². The van der Waals surface area contributed by atoms with Crippen LogP contribution < -0.4 is 0 Å². The molecule has 0 bridgehead atoms. The van der Waals surface area contributed by atoms with Crippen molar-refractivity contribution in [3.63, 3.8) is 0 Å². The van der Waals surface area contributed by atoms with Crippen molar-refractivity contribution < 1.29 is 13.3 Å². The zero-order valence-electron chi connectivity index (χ0n) is 2.27. The van der Waals surface area contributed by atoms with Crippen molar-refractivity contribution in [3.8, 4) is 0 Å².